The van der Waals surface area contributed by atoms with Crippen molar-refractivity contribution in [1.82, 2.24) is 9.88 Å². The standard InChI is InChI=1S/C30H27Cl2N3O/c1-21-8-13-28(27(32)17-21)35-16-15-34(20-29(35)22-9-11-25(31)12-10-22)30(36)18-23-5-2-3-7-26(23)24-6-4-14-33-19-24/h2-14,17,19,29H,15-16,18,20H2,1H3. The Balaban J connectivity index is 1.41. The van der Waals surface area contributed by atoms with Gasteiger partial charge in [-0.15, -0.1) is 0 Å². The number of nitrogens with zero attached hydrogens (tertiary/aromatic N) is 3. The van der Waals surface area contributed by atoms with Gasteiger partial charge < -0.3 is 9.80 Å². The summed E-state index contributed by atoms with van der Waals surface area (Å²) in [5.41, 5.74) is 6.26. The van der Waals surface area contributed by atoms with Gasteiger partial charge in [0.1, 0.15) is 0 Å². The molecule has 0 spiro atoms. The van der Waals surface area contributed by atoms with Gasteiger partial charge in [0.05, 0.1) is 23.2 Å². The third-order valence-electron chi connectivity index (χ3n) is 6.73. The number of aromatic nitrogens is 1. The van der Waals surface area contributed by atoms with Crippen LogP contribution >= 0.6 is 23.2 Å². The number of carbonyl (C=O) groups is 1. The number of amides is 1. The maximum absolute atomic E-state index is 13.6. The molecule has 1 aliphatic rings. The predicted molar refractivity (Wildman–Crippen MR) is 148 cm³/mol. The van der Waals surface area contributed by atoms with E-state index < -0.39 is 0 Å². The molecule has 0 saturated carbocycles. The van der Waals surface area contributed by atoms with Gasteiger partial charge in [0.2, 0.25) is 5.91 Å². The number of hydrogen-bond donors (Lipinski definition) is 0. The average molecular weight is 516 g/mol. The van der Waals surface area contributed by atoms with Crippen molar-refractivity contribution in [3.63, 3.8) is 0 Å². The fourth-order valence-electron chi connectivity index (χ4n) is 4.87. The van der Waals surface area contributed by atoms with Crippen LogP contribution in [0.4, 0.5) is 5.69 Å². The molecule has 1 atom stereocenters. The molecular formula is C30H27Cl2N3O. The van der Waals surface area contributed by atoms with E-state index in [-0.39, 0.29) is 11.9 Å². The van der Waals surface area contributed by atoms with Crippen LogP contribution in [0.1, 0.15) is 22.7 Å². The third-order valence-corrected chi connectivity index (χ3v) is 7.29. The van der Waals surface area contributed by atoms with Gasteiger partial charge in [-0.25, -0.2) is 0 Å². The average Bonchev–Trinajstić information content (AvgIpc) is 2.90. The molecule has 0 aliphatic carbocycles. The highest BCUT2D eigenvalue weighted by atomic mass is 35.5. The molecule has 0 N–H and O–H groups in total. The van der Waals surface area contributed by atoms with Crippen LogP contribution in [0, 0.1) is 6.92 Å². The number of hydrogen-bond acceptors (Lipinski definition) is 3. The van der Waals surface area contributed by atoms with Crippen molar-refractivity contribution in [3.05, 3.63) is 118 Å². The van der Waals surface area contributed by atoms with Crippen LogP contribution in [0.3, 0.4) is 0 Å². The van der Waals surface area contributed by atoms with E-state index in [1.165, 1.54) is 0 Å². The van der Waals surface area contributed by atoms with Gasteiger partial charge in [-0.3, -0.25) is 9.78 Å². The number of aryl methyl sites for hydroxylation is 1. The summed E-state index contributed by atoms with van der Waals surface area (Å²) in [4.78, 5) is 22.1. The van der Waals surface area contributed by atoms with E-state index in [9.17, 15) is 4.79 Å². The zero-order valence-electron chi connectivity index (χ0n) is 20.1. The highest BCUT2D eigenvalue weighted by molar-refractivity contribution is 6.33. The van der Waals surface area contributed by atoms with E-state index in [1.54, 1.807) is 6.20 Å². The Kier molecular flexibility index (Phi) is 7.26. The molecule has 0 radical (unpaired) electrons. The summed E-state index contributed by atoms with van der Waals surface area (Å²) < 4.78 is 0. The lowest BCUT2D eigenvalue weighted by atomic mass is 9.97. The number of rotatable bonds is 5. The fourth-order valence-corrected chi connectivity index (χ4v) is 5.34. The molecule has 182 valence electrons. The number of pyridine rings is 1. The number of anilines is 1. The normalized spacial score (nSPS) is 15.7. The van der Waals surface area contributed by atoms with Gasteiger partial charge in [-0.05, 0) is 59.5 Å². The first-order chi connectivity index (χ1) is 17.5. The molecular weight excluding hydrogens is 489 g/mol. The Morgan fingerprint density at radius 3 is 2.53 bits per heavy atom. The monoisotopic (exact) mass is 515 g/mol. The molecule has 3 aromatic carbocycles. The molecule has 5 rings (SSSR count). The minimum atomic E-state index is -0.0336. The fraction of sp³-hybridized carbons (Fsp3) is 0.200. The summed E-state index contributed by atoms with van der Waals surface area (Å²) in [5, 5.41) is 1.41. The van der Waals surface area contributed by atoms with Gasteiger partial charge in [0, 0.05) is 42.6 Å². The first-order valence-electron chi connectivity index (χ1n) is 12.0. The molecule has 1 fully saturated rings. The van der Waals surface area contributed by atoms with Crippen LogP contribution in [0.5, 0.6) is 0 Å². The zero-order valence-corrected chi connectivity index (χ0v) is 21.6. The lowest BCUT2D eigenvalue weighted by Gasteiger charge is -2.43. The van der Waals surface area contributed by atoms with Crippen molar-refractivity contribution in [2.45, 2.75) is 19.4 Å². The molecule has 6 heteroatoms. The molecule has 1 aromatic heterocycles. The second kappa shape index (κ2) is 10.7. The zero-order chi connectivity index (χ0) is 25.1. The quantitative estimate of drug-likeness (QED) is 0.287. The Bertz CT molecular complexity index is 1360. The molecule has 36 heavy (non-hydrogen) atoms. The van der Waals surface area contributed by atoms with Crippen LogP contribution < -0.4 is 4.90 Å². The molecule has 2 heterocycles. The largest absolute Gasteiger partial charge is 0.360 e. The van der Waals surface area contributed by atoms with E-state index in [1.807, 2.05) is 84.8 Å². The lowest BCUT2D eigenvalue weighted by molar-refractivity contribution is -0.131. The van der Waals surface area contributed by atoms with Crippen molar-refractivity contribution in [2.75, 3.05) is 24.5 Å². The molecule has 1 saturated heterocycles. The highest BCUT2D eigenvalue weighted by Gasteiger charge is 2.32. The van der Waals surface area contributed by atoms with Gasteiger partial charge in [-0.2, -0.15) is 0 Å². The minimum Gasteiger partial charge on any atom is -0.360 e. The van der Waals surface area contributed by atoms with Gasteiger partial charge in [0.15, 0.2) is 0 Å². The predicted octanol–water partition coefficient (Wildman–Crippen LogP) is 7.00. The second-order valence-electron chi connectivity index (χ2n) is 9.13. The molecule has 1 aliphatic heterocycles. The Morgan fingerprint density at radius 1 is 0.972 bits per heavy atom. The third kappa shape index (κ3) is 5.25. The summed E-state index contributed by atoms with van der Waals surface area (Å²) in [5.74, 6) is 0.111. The Morgan fingerprint density at radius 2 is 1.78 bits per heavy atom. The van der Waals surface area contributed by atoms with Crippen LogP contribution in [-0.2, 0) is 11.2 Å². The molecule has 1 unspecified atom stereocenters. The van der Waals surface area contributed by atoms with Crippen molar-refractivity contribution in [3.8, 4) is 11.1 Å². The van der Waals surface area contributed by atoms with Gasteiger partial charge in [0.25, 0.3) is 0 Å². The molecule has 4 nitrogen and oxygen atoms in total. The number of halogens is 2. The van der Waals surface area contributed by atoms with E-state index >= 15 is 0 Å². The van der Waals surface area contributed by atoms with Crippen LogP contribution in [0.2, 0.25) is 10.0 Å². The SMILES string of the molecule is Cc1ccc(N2CCN(C(=O)Cc3ccccc3-c3cccnc3)CC2c2ccc(Cl)cc2)c(Cl)c1. The van der Waals surface area contributed by atoms with Crippen molar-refractivity contribution in [1.29, 1.82) is 0 Å². The van der Waals surface area contributed by atoms with Crippen LogP contribution in [0.25, 0.3) is 11.1 Å². The van der Waals surface area contributed by atoms with Crippen LogP contribution in [-0.4, -0.2) is 35.4 Å². The summed E-state index contributed by atoms with van der Waals surface area (Å²) >= 11 is 12.9. The topological polar surface area (TPSA) is 36.4 Å². The first-order valence-corrected chi connectivity index (χ1v) is 12.8. The summed E-state index contributed by atoms with van der Waals surface area (Å²) in [6.07, 6.45) is 3.93. The highest BCUT2D eigenvalue weighted by Crippen LogP contribution is 2.36. The van der Waals surface area contributed by atoms with Crippen molar-refractivity contribution < 1.29 is 4.79 Å². The molecule has 1 amide bonds. The maximum atomic E-state index is 13.6. The Labute approximate surface area is 222 Å². The summed E-state index contributed by atoms with van der Waals surface area (Å²) in [6.45, 7) is 3.92. The summed E-state index contributed by atoms with van der Waals surface area (Å²) in [6, 6.07) is 26.0. The molecule has 4 aromatic rings. The minimum absolute atomic E-state index is 0.0336. The van der Waals surface area contributed by atoms with E-state index in [0.717, 1.165) is 38.5 Å². The number of benzene rings is 3. The van der Waals surface area contributed by atoms with E-state index in [2.05, 4.69) is 22.0 Å². The van der Waals surface area contributed by atoms with Gasteiger partial charge in [-0.1, -0.05) is 71.7 Å². The summed E-state index contributed by atoms with van der Waals surface area (Å²) in [7, 11) is 0. The van der Waals surface area contributed by atoms with E-state index in [4.69, 9.17) is 23.2 Å². The Hall–Kier alpha value is -3.34. The number of carbonyl (C=O) groups excluding carboxylic acids is 1. The van der Waals surface area contributed by atoms with E-state index in [0.29, 0.717) is 31.1 Å². The number of piperazine rings is 1. The first kappa shape index (κ1) is 24.4. The maximum Gasteiger partial charge on any atom is 0.227 e. The van der Waals surface area contributed by atoms with Crippen molar-refractivity contribution >= 4 is 34.8 Å². The van der Waals surface area contributed by atoms with Crippen LogP contribution in [0.15, 0.2) is 91.3 Å². The second-order valence-corrected chi connectivity index (χ2v) is 9.97. The van der Waals surface area contributed by atoms with Crippen molar-refractivity contribution in [2.24, 2.45) is 0 Å². The van der Waals surface area contributed by atoms with Gasteiger partial charge >= 0.3 is 0 Å². The smallest absolute Gasteiger partial charge is 0.227 e. The molecule has 0 bridgehead atoms. The lowest BCUT2D eigenvalue weighted by Crippen LogP contribution is -2.51.